The molecular weight excluding hydrogens is 386 g/mol. The van der Waals surface area contributed by atoms with Crippen molar-refractivity contribution in [2.45, 2.75) is 26.3 Å². The predicted molar refractivity (Wildman–Crippen MR) is 130 cm³/mol. The molecule has 1 aliphatic heterocycles. The number of para-hydroxylation sites is 1. The van der Waals surface area contributed by atoms with Crippen molar-refractivity contribution in [1.29, 1.82) is 0 Å². The second-order valence-corrected chi connectivity index (χ2v) is 8.04. The highest BCUT2D eigenvalue weighted by Gasteiger charge is 2.16. The van der Waals surface area contributed by atoms with E-state index in [1.165, 1.54) is 17.7 Å². The zero-order valence-electron chi connectivity index (χ0n) is 19.2. The van der Waals surface area contributed by atoms with Crippen molar-refractivity contribution in [3.63, 3.8) is 0 Å². The predicted octanol–water partition coefficient (Wildman–Crippen LogP) is 3.27. The highest BCUT2D eigenvalue weighted by molar-refractivity contribution is 5.79. The largest absolute Gasteiger partial charge is 0.496 e. The molecule has 1 aliphatic rings. The van der Waals surface area contributed by atoms with E-state index in [1.54, 1.807) is 7.11 Å². The Morgan fingerprint density at radius 3 is 2.55 bits per heavy atom. The molecule has 1 saturated heterocycles. The highest BCUT2D eigenvalue weighted by Crippen LogP contribution is 2.18. The lowest BCUT2D eigenvalue weighted by Gasteiger charge is -2.36. The number of benzene rings is 2. The average Bonchev–Trinajstić information content (AvgIpc) is 2.81. The molecule has 0 spiro atoms. The minimum absolute atomic E-state index is 0.689. The van der Waals surface area contributed by atoms with Gasteiger partial charge in [-0.3, -0.25) is 9.89 Å². The molecule has 3 rings (SSSR count). The van der Waals surface area contributed by atoms with E-state index in [0.29, 0.717) is 6.54 Å². The van der Waals surface area contributed by atoms with Crippen molar-refractivity contribution in [3.05, 3.63) is 59.7 Å². The third-order valence-corrected chi connectivity index (χ3v) is 5.80. The molecule has 1 heterocycles. The van der Waals surface area contributed by atoms with Gasteiger partial charge < -0.3 is 20.3 Å². The molecule has 2 N–H and O–H groups in total. The first-order valence-corrected chi connectivity index (χ1v) is 11.3. The molecule has 0 atom stereocenters. The molecule has 0 saturated carbocycles. The first kappa shape index (κ1) is 22.9. The molecule has 0 bridgehead atoms. The Hall–Kier alpha value is -2.73. The van der Waals surface area contributed by atoms with Gasteiger partial charge in [-0.1, -0.05) is 30.3 Å². The minimum atomic E-state index is 0.689. The minimum Gasteiger partial charge on any atom is -0.496 e. The summed E-state index contributed by atoms with van der Waals surface area (Å²) in [5.41, 5.74) is 3.81. The summed E-state index contributed by atoms with van der Waals surface area (Å²) in [5.74, 6) is 1.73. The number of hydrogen-bond donors (Lipinski definition) is 2. The second-order valence-electron chi connectivity index (χ2n) is 8.04. The number of nitrogens with zero attached hydrogens (tertiary/aromatic N) is 3. The van der Waals surface area contributed by atoms with Crippen molar-refractivity contribution < 1.29 is 4.74 Å². The van der Waals surface area contributed by atoms with Gasteiger partial charge in [0.1, 0.15) is 5.75 Å². The zero-order chi connectivity index (χ0) is 21.9. The summed E-state index contributed by atoms with van der Waals surface area (Å²) in [7, 11) is 3.51. The summed E-state index contributed by atoms with van der Waals surface area (Å²) >= 11 is 0. The van der Waals surface area contributed by atoms with E-state index < -0.39 is 0 Å². The summed E-state index contributed by atoms with van der Waals surface area (Å²) in [5, 5.41) is 6.79. The van der Waals surface area contributed by atoms with Crippen LogP contribution < -0.4 is 20.3 Å². The molecule has 168 valence electrons. The lowest BCUT2D eigenvalue weighted by atomic mass is 10.2. The maximum atomic E-state index is 5.41. The first-order chi connectivity index (χ1) is 15.2. The van der Waals surface area contributed by atoms with Gasteiger partial charge in [-0.15, -0.1) is 0 Å². The number of ether oxygens (including phenoxy) is 1. The monoisotopic (exact) mass is 423 g/mol. The van der Waals surface area contributed by atoms with E-state index in [4.69, 9.17) is 4.74 Å². The van der Waals surface area contributed by atoms with Crippen LogP contribution in [0.4, 0.5) is 5.69 Å². The number of rotatable bonds is 9. The van der Waals surface area contributed by atoms with Crippen LogP contribution in [0.25, 0.3) is 0 Å². The standard InChI is InChI=1S/C25H37N5O/c1-21-9-8-11-23(19-21)30-17-15-29(16-18-30)14-7-6-13-27-25(26-2)28-20-22-10-4-5-12-24(22)31-3/h4-5,8-12,19H,6-7,13-18,20H2,1-3H3,(H2,26,27,28). The van der Waals surface area contributed by atoms with E-state index >= 15 is 0 Å². The van der Waals surface area contributed by atoms with Gasteiger partial charge in [-0.2, -0.15) is 0 Å². The third kappa shape index (κ3) is 7.17. The van der Waals surface area contributed by atoms with E-state index in [0.717, 1.165) is 63.0 Å². The molecule has 1 fully saturated rings. The average molecular weight is 424 g/mol. The quantitative estimate of drug-likeness (QED) is 0.368. The van der Waals surface area contributed by atoms with Gasteiger partial charge in [0.15, 0.2) is 5.96 Å². The van der Waals surface area contributed by atoms with Crippen LogP contribution >= 0.6 is 0 Å². The van der Waals surface area contributed by atoms with Crippen LogP contribution in [0, 0.1) is 6.92 Å². The Kier molecular flexibility index (Phi) is 9.03. The van der Waals surface area contributed by atoms with Gasteiger partial charge in [-0.05, 0) is 50.1 Å². The number of hydrogen-bond acceptors (Lipinski definition) is 4. The molecule has 31 heavy (non-hydrogen) atoms. The molecule has 6 heteroatoms. The summed E-state index contributed by atoms with van der Waals surface area (Å²) in [4.78, 5) is 9.41. The number of aliphatic imine (C=N–C) groups is 1. The molecule has 2 aromatic rings. The van der Waals surface area contributed by atoms with Crippen LogP contribution in [0.1, 0.15) is 24.0 Å². The Labute approximate surface area is 187 Å². The molecule has 0 amide bonds. The Morgan fingerprint density at radius 2 is 1.81 bits per heavy atom. The lowest BCUT2D eigenvalue weighted by molar-refractivity contribution is 0.253. The van der Waals surface area contributed by atoms with Crippen molar-refractivity contribution in [2.75, 3.05) is 58.3 Å². The van der Waals surface area contributed by atoms with Crippen LogP contribution in [0.2, 0.25) is 0 Å². The number of anilines is 1. The van der Waals surface area contributed by atoms with Gasteiger partial charge in [0.05, 0.1) is 7.11 Å². The number of guanidine groups is 1. The molecule has 0 radical (unpaired) electrons. The van der Waals surface area contributed by atoms with Gasteiger partial charge >= 0.3 is 0 Å². The molecular formula is C25H37N5O. The number of piperazine rings is 1. The van der Waals surface area contributed by atoms with Crippen molar-refractivity contribution in [3.8, 4) is 5.75 Å². The maximum Gasteiger partial charge on any atom is 0.191 e. The fraction of sp³-hybridized carbons (Fsp3) is 0.480. The lowest BCUT2D eigenvalue weighted by Crippen LogP contribution is -2.46. The smallest absolute Gasteiger partial charge is 0.191 e. The van der Waals surface area contributed by atoms with Gasteiger partial charge in [-0.25, -0.2) is 0 Å². The van der Waals surface area contributed by atoms with Crippen molar-refractivity contribution >= 4 is 11.6 Å². The number of methoxy groups -OCH3 is 1. The van der Waals surface area contributed by atoms with Crippen LogP contribution in [0.5, 0.6) is 5.75 Å². The SMILES string of the molecule is CN=C(NCCCCN1CCN(c2cccc(C)c2)CC1)NCc1ccccc1OC. The van der Waals surface area contributed by atoms with Gasteiger partial charge in [0.2, 0.25) is 0 Å². The van der Waals surface area contributed by atoms with E-state index in [2.05, 4.69) is 62.7 Å². The van der Waals surface area contributed by atoms with E-state index in [9.17, 15) is 0 Å². The summed E-state index contributed by atoms with van der Waals surface area (Å²) in [6.07, 6.45) is 2.33. The van der Waals surface area contributed by atoms with Gasteiger partial charge in [0, 0.05) is 57.6 Å². The Balaban J connectivity index is 1.29. The first-order valence-electron chi connectivity index (χ1n) is 11.3. The van der Waals surface area contributed by atoms with Crippen molar-refractivity contribution in [2.24, 2.45) is 4.99 Å². The molecule has 0 aliphatic carbocycles. The van der Waals surface area contributed by atoms with Crippen molar-refractivity contribution in [1.82, 2.24) is 15.5 Å². The van der Waals surface area contributed by atoms with Crippen LogP contribution in [-0.2, 0) is 6.54 Å². The summed E-state index contributed by atoms with van der Waals surface area (Å²) in [6.45, 7) is 9.45. The normalized spacial score (nSPS) is 15.1. The summed E-state index contributed by atoms with van der Waals surface area (Å²) in [6, 6.07) is 16.9. The molecule has 0 aromatic heterocycles. The maximum absolute atomic E-state index is 5.41. The number of aryl methyl sites for hydroxylation is 1. The zero-order valence-corrected chi connectivity index (χ0v) is 19.2. The Bertz CT molecular complexity index is 830. The number of nitrogens with one attached hydrogen (secondary N) is 2. The second kappa shape index (κ2) is 12.2. The van der Waals surface area contributed by atoms with Crippen LogP contribution in [0.15, 0.2) is 53.5 Å². The van der Waals surface area contributed by atoms with E-state index in [1.807, 2.05) is 25.2 Å². The third-order valence-electron chi connectivity index (χ3n) is 5.80. The highest BCUT2D eigenvalue weighted by atomic mass is 16.5. The molecule has 6 nitrogen and oxygen atoms in total. The number of unbranched alkanes of at least 4 members (excludes halogenated alkanes) is 1. The Morgan fingerprint density at radius 1 is 1.00 bits per heavy atom. The van der Waals surface area contributed by atoms with E-state index in [-0.39, 0.29) is 0 Å². The molecule has 0 unspecified atom stereocenters. The molecule has 2 aromatic carbocycles. The fourth-order valence-corrected chi connectivity index (χ4v) is 3.97. The van der Waals surface area contributed by atoms with Gasteiger partial charge in [0.25, 0.3) is 0 Å². The van der Waals surface area contributed by atoms with Crippen LogP contribution in [-0.4, -0.2) is 64.3 Å². The van der Waals surface area contributed by atoms with Crippen LogP contribution in [0.3, 0.4) is 0 Å². The fourth-order valence-electron chi connectivity index (χ4n) is 3.97. The summed E-state index contributed by atoms with van der Waals surface area (Å²) < 4.78 is 5.41. The topological polar surface area (TPSA) is 52.1 Å².